The van der Waals surface area contributed by atoms with E-state index in [0.717, 1.165) is 10.5 Å². The molecule has 1 aliphatic heterocycles. The van der Waals surface area contributed by atoms with Crippen LogP contribution in [-0.2, 0) is 0 Å². The van der Waals surface area contributed by atoms with Crippen LogP contribution in [0.2, 0.25) is 0 Å². The summed E-state index contributed by atoms with van der Waals surface area (Å²) >= 11 is 0. The molecule has 2 amide bonds. The monoisotopic (exact) mass is 190 g/mol. The van der Waals surface area contributed by atoms with Crippen LogP contribution in [0, 0.1) is 6.92 Å². The minimum atomic E-state index is -0.281. The second-order valence-electron chi connectivity index (χ2n) is 3.42. The highest BCUT2D eigenvalue weighted by molar-refractivity contribution is 6.21. The number of carbonyl (C=O) groups excluding carboxylic acids is 2. The molecule has 2 N–H and O–H groups in total. The van der Waals surface area contributed by atoms with Gasteiger partial charge < -0.3 is 5.73 Å². The van der Waals surface area contributed by atoms with E-state index in [2.05, 4.69) is 0 Å². The molecule has 0 atom stereocenters. The Labute approximate surface area is 81.3 Å². The molecule has 0 aromatic heterocycles. The Morgan fingerprint density at radius 3 is 2.21 bits per heavy atom. The summed E-state index contributed by atoms with van der Waals surface area (Å²) in [5, 5.41) is 0. The summed E-state index contributed by atoms with van der Waals surface area (Å²) in [6.45, 7) is 1.81. The van der Waals surface area contributed by atoms with Crippen molar-refractivity contribution in [2.24, 2.45) is 0 Å². The van der Waals surface area contributed by atoms with Gasteiger partial charge in [0.25, 0.3) is 11.8 Å². The molecule has 1 aromatic rings. The maximum absolute atomic E-state index is 11.5. The third-order valence-corrected chi connectivity index (χ3v) is 2.48. The van der Waals surface area contributed by atoms with Crippen molar-refractivity contribution >= 4 is 17.5 Å². The predicted molar refractivity (Wildman–Crippen MR) is 52.0 cm³/mol. The molecule has 72 valence electrons. The Hall–Kier alpha value is -1.84. The number of carbonyl (C=O) groups is 2. The normalized spacial score (nSPS) is 14.9. The zero-order valence-electron chi connectivity index (χ0n) is 8.00. The highest BCUT2D eigenvalue weighted by Gasteiger charge is 2.32. The van der Waals surface area contributed by atoms with Crippen molar-refractivity contribution in [3.63, 3.8) is 0 Å². The molecule has 4 nitrogen and oxygen atoms in total. The van der Waals surface area contributed by atoms with Crippen molar-refractivity contribution in [3.05, 3.63) is 28.8 Å². The lowest BCUT2D eigenvalue weighted by molar-refractivity contribution is 0.0693. The van der Waals surface area contributed by atoms with E-state index >= 15 is 0 Å². The molecule has 0 saturated carbocycles. The van der Waals surface area contributed by atoms with Crippen LogP contribution >= 0.6 is 0 Å². The number of fused-ring (bicyclic) bond motifs is 1. The van der Waals surface area contributed by atoms with Gasteiger partial charge in [0.1, 0.15) is 0 Å². The number of imide groups is 1. The molecule has 0 saturated heterocycles. The summed E-state index contributed by atoms with van der Waals surface area (Å²) in [6, 6.07) is 3.22. The molecule has 0 spiro atoms. The van der Waals surface area contributed by atoms with Gasteiger partial charge in [-0.25, -0.2) is 0 Å². The van der Waals surface area contributed by atoms with Gasteiger partial charge in [0.05, 0.1) is 11.1 Å². The van der Waals surface area contributed by atoms with E-state index in [9.17, 15) is 9.59 Å². The Kier molecular flexibility index (Phi) is 1.61. The summed E-state index contributed by atoms with van der Waals surface area (Å²) < 4.78 is 0. The van der Waals surface area contributed by atoms with Gasteiger partial charge in [-0.05, 0) is 24.6 Å². The Bertz CT molecular complexity index is 411. The molecule has 0 bridgehead atoms. The fraction of sp³-hybridized carbons (Fsp3) is 0.200. The Morgan fingerprint density at radius 1 is 1.14 bits per heavy atom. The molecule has 4 heteroatoms. The third-order valence-electron chi connectivity index (χ3n) is 2.48. The molecule has 0 aliphatic carbocycles. The summed E-state index contributed by atoms with van der Waals surface area (Å²) in [6.07, 6.45) is 0. The molecule has 2 rings (SSSR count). The van der Waals surface area contributed by atoms with Crippen molar-refractivity contribution in [1.29, 1.82) is 0 Å². The number of aryl methyl sites for hydroxylation is 1. The average Bonchev–Trinajstić information content (AvgIpc) is 2.34. The molecule has 0 fully saturated rings. The van der Waals surface area contributed by atoms with Crippen molar-refractivity contribution in [2.75, 3.05) is 12.8 Å². The van der Waals surface area contributed by atoms with E-state index in [1.807, 2.05) is 6.92 Å². The number of hydrogen-bond acceptors (Lipinski definition) is 3. The van der Waals surface area contributed by atoms with Crippen molar-refractivity contribution in [3.8, 4) is 0 Å². The van der Waals surface area contributed by atoms with Crippen LogP contribution in [0.4, 0.5) is 5.69 Å². The van der Waals surface area contributed by atoms with E-state index in [1.165, 1.54) is 7.05 Å². The largest absolute Gasteiger partial charge is 0.398 e. The first kappa shape index (κ1) is 8.74. The summed E-state index contributed by atoms with van der Waals surface area (Å²) in [5.74, 6) is -0.537. The zero-order chi connectivity index (χ0) is 10.5. The topological polar surface area (TPSA) is 63.4 Å². The molecule has 0 radical (unpaired) electrons. The van der Waals surface area contributed by atoms with E-state index in [-0.39, 0.29) is 11.8 Å². The molecule has 14 heavy (non-hydrogen) atoms. The summed E-state index contributed by atoms with van der Waals surface area (Å²) in [5.41, 5.74) is 7.88. The van der Waals surface area contributed by atoms with Crippen LogP contribution in [0.5, 0.6) is 0 Å². The first-order valence-corrected chi connectivity index (χ1v) is 4.25. The highest BCUT2D eigenvalue weighted by Crippen LogP contribution is 2.25. The van der Waals surface area contributed by atoms with Gasteiger partial charge in [-0.3, -0.25) is 14.5 Å². The SMILES string of the molecule is Cc1cc2c(cc1N)C(=O)N(C)C2=O. The highest BCUT2D eigenvalue weighted by atomic mass is 16.2. The average molecular weight is 190 g/mol. The minimum Gasteiger partial charge on any atom is -0.398 e. The van der Waals surface area contributed by atoms with Crippen molar-refractivity contribution < 1.29 is 9.59 Å². The number of amides is 2. The number of nitrogen functional groups attached to an aromatic ring is 1. The maximum Gasteiger partial charge on any atom is 0.261 e. The fourth-order valence-electron chi connectivity index (χ4n) is 1.53. The molecule has 0 unspecified atom stereocenters. The second kappa shape index (κ2) is 2.57. The number of hydrogen-bond donors (Lipinski definition) is 1. The molecular weight excluding hydrogens is 180 g/mol. The third kappa shape index (κ3) is 0.937. The zero-order valence-corrected chi connectivity index (χ0v) is 8.00. The standard InChI is InChI=1S/C10H10N2O2/c1-5-3-6-7(4-8(5)11)10(14)12(2)9(6)13/h3-4H,11H2,1-2H3. The van der Waals surface area contributed by atoms with E-state index in [4.69, 9.17) is 5.73 Å². The smallest absolute Gasteiger partial charge is 0.261 e. The van der Waals surface area contributed by atoms with Crippen LogP contribution < -0.4 is 5.73 Å². The van der Waals surface area contributed by atoms with Crippen LogP contribution in [0.25, 0.3) is 0 Å². The molecule has 1 aliphatic rings. The van der Waals surface area contributed by atoms with Crippen LogP contribution in [0.15, 0.2) is 12.1 Å². The van der Waals surface area contributed by atoms with E-state index in [0.29, 0.717) is 16.8 Å². The predicted octanol–water partition coefficient (Wildman–Crippen LogP) is 0.803. The quantitative estimate of drug-likeness (QED) is 0.486. The van der Waals surface area contributed by atoms with Crippen LogP contribution in [-0.4, -0.2) is 23.8 Å². The van der Waals surface area contributed by atoms with Crippen LogP contribution in [0.1, 0.15) is 26.3 Å². The lowest BCUT2D eigenvalue weighted by atomic mass is 10.0. The number of benzene rings is 1. The van der Waals surface area contributed by atoms with E-state index < -0.39 is 0 Å². The van der Waals surface area contributed by atoms with Crippen LogP contribution in [0.3, 0.4) is 0 Å². The first-order chi connectivity index (χ1) is 6.52. The van der Waals surface area contributed by atoms with Gasteiger partial charge in [-0.2, -0.15) is 0 Å². The van der Waals surface area contributed by atoms with Gasteiger partial charge in [0.2, 0.25) is 0 Å². The maximum atomic E-state index is 11.5. The van der Waals surface area contributed by atoms with Gasteiger partial charge in [-0.1, -0.05) is 0 Å². The van der Waals surface area contributed by atoms with Crippen molar-refractivity contribution in [1.82, 2.24) is 4.90 Å². The number of nitrogens with zero attached hydrogens (tertiary/aromatic N) is 1. The molecule has 1 heterocycles. The Morgan fingerprint density at radius 2 is 1.64 bits per heavy atom. The number of anilines is 1. The van der Waals surface area contributed by atoms with Gasteiger partial charge >= 0.3 is 0 Å². The Balaban J connectivity index is 2.71. The molecule has 1 aromatic carbocycles. The van der Waals surface area contributed by atoms with E-state index in [1.54, 1.807) is 12.1 Å². The fourth-order valence-corrected chi connectivity index (χ4v) is 1.53. The summed E-state index contributed by atoms with van der Waals surface area (Å²) in [4.78, 5) is 24.2. The molecular formula is C10H10N2O2. The van der Waals surface area contributed by atoms with Gasteiger partial charge in [0, 0.05) is 12.7 Å². The van der Waals surface area contributed by atoms with Gasteiger partial charge in [0.15, 0.2) is 0 Å². The van der Waals surface area contributed by atoms with Crippen molar-refractivity contribution in [2.45, 2.75) is 6.92 Å². The summed E-state index contributed by atoms with van der Waals surface area (Å²) in [7, 11) is 1.47. The second-order valence-corrected chi connectivity index (χ2v) is 3.42. The first-order valence-electron chi connectivity index (χ1n) is 4.25. The lowest BCUT2D eigenvalue weighted by Crippen LogP contribution is -2.24. The number of rotatable bonds is 0. The minimum absolute atomic E-state index is 0.256. The lowest BCUT2D eigenvalue weighted by Gasteiger charge is -2.02. The van der Waals surface area contributed by atoms with Gasteiger partial charge in [-0.15, -0.1) is 0 Å². The number of nitrogens with two attached hydrogens (primary N) is 1.